The van der Waals surface area contributed by atoms with Crippen molar-refractivity contribution in [3.05, 3.63) is 17.5 Å². The van der Waals surface area contributed by atoms with Gasteiger partial charge in [-0.05, 0) is 13.1 Å². The van der Waals surface area contributed by atoms with Gasteiger partial charge in [-0.1, -0.05) is 0 Å². The van der Waals surface area contributed by atoms with E-state index in [0.29, 0.717) is 26.2 Å². The minimum Gasteiger partial charge on any atom is -0.364 e. The third-order valence-corrected chi connectivity index (χ3v) is 3.64. The molecule has 96 valence electrons. The molecule has 3 heterocycles. The van der Waals surface area contributed by atoms with E-state index in [4.69, 9.17) is 5.73 Å². The third kappa shape index (κ3) is 1.51. The molecule has 3 N–H and O–H groups in total. The van der Waals surface area contributed by atoms with Crippen molar-refractivity contribution in [1.29, 1.82) is 0 Å². The summed E-state index contributed by atoms with van der Waals surface area (Å²) in [7, 11) is 1.96. The van der Waals surface area contributed by atoms with Crippen LogP contribution in [0.25, 0.3) is 0 Å². The van der Waals surface area contributed by atoms with E-state index >= 15 is 0 Å². The Bertz CT molecular complexity index is 538. The van der Waals surface area contributed by atoms with Crippen molar-refractivity contribution in [2.45, 2.75) is 13.1 Å². The summed E-state index contributed by atoms with van der Waals surface area (Å²) in [4.78, 5) is 25.0. The van der Waals surface area contributed by atoms with Crippen LogP contribution >= 0.6 is 0 Å². The minimum atomic E-state index is -0.537. The lowest BCUT2D eigenvalue weighted by Gasteiger charge is -2.41. The summed E-state index contributed by atoms with van der Waals surface area (Å²) in [5, 5.41) is 6.97. The number of amides is 2. The van der Waals surface area contributed by atoms with Gasteiger partial charge in [0.05, 0.1) is 17.7 Å². The van der Waals surface area contributed by atoms with E-state index in [2.05, 4.69) is 15.3 Å². The molecule has 0 saturated carbocycles. The molecule has 0 bridgehead atoms. The highest BCUT2D eigenvalue weighted by atomic mass is 16.2. The molecule has 7 heteroatoms. The van der Waals surface area contributed by atoms with Crippen LogP contribution in [0.5, 0.6) is 0 Å². The van der Waals surface area contributed by atoms with Crippen LogP contribution in [0.1, 0.15) is 16.2 Å². The third-order valence-electron chi connectivity index (χ3n) is 3.64. The van der Waals surface area contributed by atoms with Crippen molar-refractivity contribution in [3.63, 3.8) is 0 Å². The topological polar surface area (TPSA) is 93.2 Å². The van der Waals surface area contributed by atoms with E-state index < -0.39 is 11.3 Å². The molecule has 0 radical (unpaired) electrons. The van der Waals surface area contributed by atoms with E-state index in [-0.39, 0.29) is 11.6 Å². The minimum absolute atomic E-state index is 0.0540. The number of carbonyl (C=O) groups is 2. The Morgan fingerprint density at radius 2 is 2.33 bits per heavy atom. The molecule has 3 rings (SSSR count). The van der Waals surface area contributed by atoms with Crippen molar-refractivity contribution in [1.82, 2.24) is 20.0 Å². The Morgan fingerprint density at radius 3 is 2.89 bits per heavy atom. The van der Waals surface area contributed by atoms with Crippen LogP contribution in [0, 0.1) is 5.41 Å². The normalized spacial score (nSPS) is 27.3. The van der Waals surface area contributed by atoms with Gasteiger partial charge in [-0.3, -0.25) is 19.2 Å². The van der Waals surface area contributed by atoms with E-state index in [0.717, 1.165) is 5.69 Å². The number of nitrogens with two attached hydrogens (primary N) is 1. The van der Waals surface area contributed by atoms with Crippen molar-refractivity contribution in [3.8, 4) is 0 Å². The lowest BCUT2D eigenvalue weighted by atomic mass is 9.80. The fourth-order valence-corrected chi connectivity index (χ4v) is 2.69. The van der Waals surface area contributed by atoms with Crippen LogP contribution < -0.4 is 11.1 Å². The molecule has 2 amide bonds. The first kappa shape index (κ1) is 11.2. The average Bonchev–Trinajstić information content (AvgIpc) is 2.63. The number of primary amides is 1. The number of fused-ring (bicyclic) bond motifs is 1. The lowest BCUT2D eigenvalue weighted by Crippen LogP contribution is -2.64. The maximum Gasteiger partial charge on any atom is 0.269 e. The molecular weight excluding hydrogens is 234 g/mol. The number of nitrogens with one attached hydrogen (secondary N) is 1. The first-order valence-corrected chi connectivity index (χ1v) is 5.84. The Hall–Kier alpha value is -1.89. The van der Waals surface area contributed by atoms with Crippen LogP contribution in [0.2, 0.25) is 0 Å². The zero-order chi connectivity index (χ0) is 12.9. The molecule has 1 aromatic heterocycles. The van der Waals surface area contributed by atoms with Gasteiger partial charge in [-0.2, -0.15) is 5.10 Å². The quantitative estimate of drug-likeness (QED) is 0.595. The van der Waals surface area contributed by atoms with Gasteiger partial charge in [0.25, 0.3) is 5.91 Å². The highest BCUT2D eigenvalue weighted by Crippen LogP contribution is 2.31. The van der Waals surface area contributed by atoms with Crippen LogP contribution in [-0.4, -0.2) is 46.6 Å². The maximum absolute atomic E-state index is 11.8. The van der Waals surface area contributed by atoms with Gasteiger partial charge in [0, 0.05) is 19.6 Å². The fourth-order valence-electron chi connectivity index (χ4n) is 2.69. The first-order valence-electron chi connectivity index (χ1n) is 5.84. The summed E-state index contributed by atoms with van der Waals surface area (Å²) in [6.07, 6.45) is 0. The highest BCUT2D eigenvalue weighted by molar-refractivity contribution is 5.91. The second-order valence-corrected chi connectivity index (χ2v) is 5.18. The largest absolute Gasteiger partial charge is 0.364 e. The van der Waals surface area contributed by atoms with Gasteiger partial charge in [-0.25, -0.2) is 0 Å². The predicted molar refractivity (Wildman–Crippen MR) is 62.5 cm³/mol. The number of carbonyl (C=O) groups excluding carboxylic acids is 2. The van der Waals surface area contributed by atoms with Gasteiger partial charge < -0.3 is 11.1 Å². The van der Waals surface area contributed by atoms with Crippen molar-refractivity contribution < 1.29 is 9.59 Å². The second kappa shape index (κ2) is 3.55. The van der Waals surface area contributed by atoms with Gasteiger partial charge in [0.1, 0.15) is 5.69 Å². The lowest BCUT2D eigenvalue weighted by molar-refractivity contribution is -0.142. The van der Waals surface area contributed by atoms with Crippen molar-refractivity contribution in [2.75, 3.05) is 20.1 Å². The molecule has 1 unspecified atom stereocenters. The molecule has 0 aromatic carbocycles. The highest BCUT2D eigenvalue weighted by Gasteiger charge is 2.49. The molecule has 1 fully saturated rings. The summed E-state index contributed by atoms with van der Waals surface area (Å²) in [5.74, 6) is -0.483. The van der Waals surface area contributed by atoms with Crippen LogP contribution in [0.15, 0.2) is 6.07 Å². The Kier molecular flexibility index (Phi) is 2.21. The van der Waals surface area contributed by atoms with E-state index in [1.54, 1.807) is 10.7 Å². The summed E-state index contributed by atoms with van der Waals surface area (Å²) in [6.45, 7) is 2.52. The summed E-state index contributed by atoms with van der Waals surface area (Å²) in [5.41, 5.74) is 6.00. The average molecular weight is 249 g/mol. The Balaban J connectivity index is 1.99. The number of aromatic nitrogens is 2. The Labute approximate surface area is 104 Å². The number of hydrogen-bond donors (Lipinski definition) is 2. The van der Waals surface area contributed by atoms with Gasteiger partial charge in [0.15, 0.2) is 0 Å². The summed E-state index contributed by atoms with van der Waals surface area (Å²) < 4.78 is 1.74. The number of rotatable bonds is 1. The second-order valence-electron chi connectivity index (χ2n) is 5.18. The standard InChI is InChI=1S/C11H15N5O2/c1-15-3-7-2-8(9(12)17)14-16(7)6-11(5-15)4-13-10(11)18/h2H,3-6H2,1H3,(H2,12,17)(H,13,18). The zero-order valence-corrected chi connectivity index (χ0v) is 10.1. The maximum atomic E-state index is 11.8. The van der Waals surface area contributed by atoms with Crippen LogP contribution in [0.4, 0.5) is 0 Å². The SMILES string of the molecule is CN1Cc2cc(C(N)=O)nn2CC2(CNC2=O)C1. The number of nitrogens with zero attached hydrogens (tertiary/aromatic N) is 3. The van der Waals surface area contributed by atoms with E-state index in [9.17, 15) is 9.59 Å². The molecule has 0 aliphatic carbocycles. The fraction of sp³-hybridized carbons (Fsp3) is 0.545. The smallest absolute Gasteiger partial charge is 0.269 e. The van der Waals surface area contributed by atoms with Gasteiger partial charge >= 0.3 is 0 Å². The molecule has 7 nitrogen and oxygen atoms in total. The monoisotopic (exact) mass is 249 g/mol. The van der Waals surface area contributed by atoms with E-state index in [1.807, 2.05) is 7.05 Å². The van der Waals surface area contributed by atoms with Crippen molar-refractivity contribution in [2.24, 2.45) is 11.1 Å². The molecule has 1 atom stereocenters. The molecule has 2 aliphatic rings. The summed E-state index contributed by atoms with van der Waals surface area (Å²) >= 11 is 0. The molecule has 1 saturated heterocycles. The summed E-state index contributed by atoms with van der Waals surface area (Å²) in [6, 6.07) is 1.70. The number of hydrogen-bond acceptors (Lipinski definition) is 4. The number of β-lactam (4-membered cyclic amide) rings is 1. The van der Waals surface area contributed by atoms with E-state index in [1.165, 1.54) is 0 Å². The molecule has 1 aromatic rings. The molecule has 2 aliphatic heterocycles. The first-order chi connectivity index (χ1) is 8.50. The molecule has 1 spiro atoms. The zero-order valence-electron chi connectivity index (χ0n) is 10.1. The molecular formula is C11H15N5O2. The Morgan fingerprint density at radius 1 is 1.56 bits per heavy atom. The molecule has 18 heavy (non-hydrogen) atoms. The van der Waals surface area contributed by atoms with Crippen LogP contribution in [-0.2, 0) is 17.9 Å². The van der Waals surface area contributed by atoms with Crippen LogP contribution in [0.3, 0.4) is 0 Å². The van der Waals surface area contributed by atoms with Gasteiger partial charge in [0.2, 0.25) is 5.91 Å². The van der Waals surface area contributed by atoms with Gasteiger partial charge in [-0.15, -0.1) is 0 Å². The van der Waals surface area contributed by atoms with Crippen molar-refractivity contribution >= 4 is 11.8 Å². The predicted octanol–water partition coefficient (Wildman–Crippen LogP) is -1.46.